The van der Waals surface area contributed by atoms with Crippen LogP contribution < -0.4 is 10.6 Å². The number of fused-ring (bicyclic) bond motifs is 1. The van der Waals surface area contributed by atoms with Gasteiger partial charge < -0.3 is 10.6 Å². The van der Waals surface area contributed by atoms with E-state index in [0.29, 0.717) is 11.8 Å². The lowest BCUT2D eigenvalue weighted by atomic mass is 10.0. The summed E-state index contributed by atoms with van der Waals surface area (Å²) in [5, 5.41) is 6.42. The molecule has 0 bridgehead atoms. The maximum atomic E-state index is 12.1. The van der Waals surface area contributed by atoms with Gasteiger partial charge in [0.1, 0.15) is 0 Å². The summed E-state index contributed by atoms with van der Waals surface area (Å²) >= 11 is 0. The number of hydrogen-bond donors (Lipinski definition) is 2. The Kier molecular flexibility index (Phi) is 4.68. The average Bonchev–Trinajstić information content (AvgIpc) is 3.11. The van der Waals surface area contributed by atoms with Gasteiger partial charge in [-0.15, -0.1) is 12.4 Å². The summed E-state index contributed by atoms with van der Waals surface area (Å²) in [4.78, 5) is 12.1. The standard InChI is InChI=1S/C14H22N2O.ClH/c17-14(13-11-3-1-2-4-12(11)13)16-9-10-5-7-15-8-6-10;/h5,11-13,15H,1-4,6-9H2,(H,16,17);1H. The lowest BCUT2D eigenvalue weighted by Gasteiger charge is -2.14. The third-order valence-electron chi connectivity index (χ3n) is 4.61. The highest BCUT2D eigenvalue weighted by Crippen LogP contribution is 2.55. The Hall–Kier alpha value is -0.540. The molecule has 102 valence electrons. The fourth-order valence-electron chi connectivity index (χ4n) is 3.53. The van der Waals surface area contributed by atoms with E-state index in [1.807, 2.05) is 0 Å². The van der Waals surface area contributed by atoms with Crippen LogP contribution in [0.25, 0.3) is 0 Å². The molecule has 2 fully saturated rings. The third-order valence-corrected chi connectivity index (χ3v) is 4.61. The molecule has 0 aromatic carbocycles. The monoisotopic (exact) mass is 270 g/mol. The van der Waals surface area contributed by atoms with Crippen LogP contribution in [0.2, 0.25) is 0 Å². The van der Waals surface area contributed by atoms with Crippen LogP contribution in [0, 0.1) is 17.8 Å². The minimum Gasteiger partial charge on any atom is -0.352 e. The molecule has 3 nitrogen and oxygen atoms in total. The number of rotatable bonds is 3. The quantitative estimate of drug-likeness (QED) is 0.769. The van der Waals surface area contributed by atoms with Crippen molar-refractivity contribution in [1.29, 1.82) is 0 Å². The van der Waals surface area contributed by atoms with Gasteiger partial charge in [0.05, 0.1) is 0 Å². The van der Waals surface area contributed by atoms with Crippen LogP contribution in [-0.2, 0) is 4.79 Å². The van der Waals surface area contributed by atoms with Gasteiger partial charge in [0.25, 0.3) is 0 Å². The fraction of sp³-hybridized carbons (Fsp3) is 0.786. The Morgan fingerprint density at radius 2 is 2.06 bits per heavy atom. The first-order valence-electron chi connectivity index (χ1n) is 7.02. The van der Waals surface area contributed by atoms with Crippen LogP contribution in [0.1, 0.15) is 32.1 Å². The highest BCUT2D eigenvalue weighted by molar-refractivity contribution is 5.85. The van der Waals surface area contributed by atoms with E-state index >= 15 is 0 Å². The van der Waals surface area contributed by atoms with Crippen molar-refractivity contribution in [2.45, 2.75) is 32.1 Å². The molecule has 0 radical (unpaired) electrons. The number of halogens is 1. The van der Waals surface area contributed by atoms with Crippen LogP contribution in [-0.4, -0.2) is 25.5 Å². The second-order valence-electron chi connectivity index (χ2n) is 5.67. The molecule has 1 aliphatic heterocycles. The van der Waals surface area contributed by atoms with Gasteiger partial charge in [-0.25, -0.2) is 0 Å². The Morgan fingerprint density at radius 3 is 2.67 bits per heavy atom. The van der Waals surface area contributed by atoms with Crippen molar-refractivity contribution in [3.8, 4) is 0 Å². The van der Waals surface area contributed by atoms with Gasteiger partial charge >= 0.3 is 0 Å². The van der Waals surface area contributed by atoms with Gasteiger partial charge in [0.2, 0.25) is 5.91 Å². The van der Waals surface area contributed by atoms with Crippen LogP contribution in [0.5, 0.6) is 0 Å². The molecule has 3 rings (SSSR count). The first-order valence-corrected chi connectivity index (χ1v) is 7.02. The summed E-state index contributed by atoms with van der Waals surface area (Å²) in [7, 11) is 0. The number of carbonyl (C=O) groups is 1. The molecule has 0 spiro atoms. The summed E-state index contributed by atoms with van der Waals surface area (Å²) in [6.45, 7) is 2.78. The maximum absolute atomic E-state index is 12.1. The predicted molar refractivity (Wildman–Crippen MR) is 74.8 cm³/mol. The molecule has 3 aliphatic rings. The Bertz CT molecular complexity index is 331. The Balaban J connectivity index is 0.00000120. The van der Waals surface area contributed by atoms with Crippen LogP contribution in [0.15, 0.2) is 11.6 Å². The molecule has 4 heteroatoms. The van der Waals surface area contributed by atoms with Gasteiger partial charge in [0, 0.05) is 19.0 Å². The summed E-state index contributed by atoms with van der Waals surface area (Å²) in [6.07, 6.45) is 8.54. The molecule has 2 atom stereocenters. The lowest BCUT2D eigenvalue weighted by molar-refractivity contribution is -0.122. The minimum atomic E-state index is 0. The molecule has 1 heterocycles. The number of nitrogens with one attached hydrogen (secondary N) is 2. The SMILES string of the molecule is Cl.O=C(NCC1=CCNCC1)C1C2CCCCC21. The summed E-state index contributed by atoms with van der Waals surface area (Å²) in [5.74, 6) is 2.14. The van der Waals surface area contributed by atoms with Crippen LogP contribution in [0.3, 0.4) is 0 Å². The van der Waals surface area contributed by atoms with E-state index in [4.69, 9.17) is 0 Å². The molecule has 2 unspecified atom stereocenters. The number of carbonyl (C=O) groups excluding carboxylic acids is 1. The van der Waals surface area contributed by atoms with Gasteiger partial charge in [0.15, 0.2) is 0 Å². The van der Waals surface area contributed by atoms with Crippen LogP contribution >= 0.6 is 12.4 Å². The van der Waals surface area contributed by atoms with Crippen molar-refractivity contribution in [1.82, 2.24) is 10.6 Å². The number of hydrogen-bond acceptors (Lipinski definition) is 2. The van der Waals surface area contributed by atoms with E-state index in [9.17, 15) is 4.79 Å². The molecule has 18 heavy (non-hydrogen) atoms. The molecule has 0 aromatic rings. The predicted octanol–water partition coefficient (Wildman–Crippen LogP) is 1.88. The van der Waals surface area contributed by atoms with Crippen LogP contribution in [0.4, 0.5) is 0 Å². The first-order chi connectivity index (χ1) is 8.36. The summed E-state index contributed by atoms with van der Waals surface area (Å²) in [5.41, 5.74) is 1.39. The van der Waals surface area contributed by atoms with E-state index in [-0.39, 0.29) is 12.4 Å². The van der Waals surface area contributed by atoms with Crippen molar-refractivity contribution in [2.24, 2.45) is 17.8 Å². The Labute approximate surface area is 115 Å². The average molecular weight is 271 g/mol. The molecule has 2 N–H and O–H groups in total. The molecule has 1 amide bonds. The molecule has 0 saturated heterocycles. The lowest BCUT2D eigenvalue weighted by Crippen LogP contribution is -2.31. The molecular formula is C14H23ClN2O. The first kappa shape index (κ1) is 13.9. The molecule has 2 aliphatic carbocycles. The highest BCUT2D eigenvalue weighted by atomic mass is 35.5. The maximum Gasteiger partial charge on any atom is 0.223 e. The van der Waals surface area contributed by atoms with E-state index < -0.39 is 0 Å². The van der Waals surface area contributed by atoms with Crippen molar-refractivity contribution >= 4 is 18.3 Å². The normalized spacial score (nSPS) is 33.8. The highest BCUT2D eigenvalue weighted by Gasteiger charge is 2.54. The molecule has 2 saturated carbocycles. The Morgan fingerprint density at radius 1 is 1.33 bits per heavy atom. The molecular weight excluding hydrogens is 248 g/mol. The van der Waals surface area contributed by atoms with E-state index in [2.05, 4.69) is 16.7 Å². The largest absolute Gasteiger partial charge is 0.352 e. The second-order valence-corrected chi connectivity index (χ2v) is 5.67. The zero-order valence-electron chi connectivity index (χ0n) is 10.8. The smallest absolute Gasteiger partial charge is 0.223 e. The van der Waals surface area contributed by atoms with Crippen molar-refractivity contribution in [3.63, 3.8) is 0 Å². The van der Waals surface area contributed by atoms with Gasteiger partial charge in [-0.1, -0.05) is 24.5 Å². The van der Waals surface area contributed by atoms with Gasteiger partial charge in [-0.2, -0.15) is 0 Å². The van der Waals surface area contributed by atoms with E-state index in [1.165, 1.54) is 31.3 Å². The van der Waals surface area contributed by atoms with Crippen molar-refractivity contribution in [3.05, 3.63) is 11.6 Å². The third kappa shape index (κ3) is 2.89. The van der Waals surface area contributed by atoms with Gasteiger partial charge in [-0.3, -0.25) is 4.79 Å². The van der Waals surface area contributed by atoms with E-state index in [1.54, 1.807) is 0 Å². The second kappa shape index (κ2) is 6.07. The number of amides is 1. The zero-order valence-corrected chi connectivity index (χ0v) is 11.6. The van der Waals surface area contributed by atoms with Crippen molar-refractivity contribution < 1.29 is 4.79 Å². The van der Waals surface area contributed by atoms with Crippen molar-refractivity contribution in [2.75, 3.05) is 19.6 Å². The summed E-state index contributed by atoms with van der Waals surface area (Å²) < 4.78 is 0. The zero-order chi connectivity index (χ0) is 11.7. The van der Waals surface area contributed by atoms with Gasteiger partial charge in [-0.05, 0) is 37.6 Å². The topological polar surface area (TPSA) is 41.1 Å². The molecule has 0 aromatic heterocycles. The van der Waals surface area contributed by atoms with E-state index in [0.717, 1.165) is 37.9 Å². The summed E-state index contributed by atoms with van der Waals surface area (Å²) in [6, 6.07) is 0. The fourth-order valence-corrected chi connectivity index (χ4v) is 3.53. The minimum absolute atomic E-state index is 0.